The van der Waals surface area contributed by atoms with Gasteiger partial charge in [0.25, 0.3) is 0 Å². The van der Waals surface area contributed by atoms with Gasteiger partial charge in [-0.3, -0.25) is 4.79 Å². The molecule has 3 nitrogen and oxygen atoms in total. The molecule has 0 aliphatic heterocycles. The molecule has 0 bridgehead atoms. The van der Waals surface area contributed by atoms with E-state index >= 15 is 0 Å². The molecule has 0 saturated heterocycles. The fourth-order valence-corrected chi connectivity index (χ4v) is 3.72. The lowest BCUT2D eigenvalue weighted by atomic mass is 10.3. The van der Waals surface area contributed by atoms with Gasteiger partial charge in [0.05, 0.1) is 22.0 Å². The number of thiazole rings is 1. The standard InChI is InChI=1S/C15H9Cl2NO2S2/c16-9-3-4-11(17)12(6-9)20-14(19)7-10-8-22-15(18-10)13-2-1-5-21-13/h1-6,8H,7H2. The number of carbonyl (C=O) groups is 1. The van der Waals surface area contributed by atoms with E-state index in [1.165, 1.54) is 17.4 Å². The lowest BCUT2D eigenvalue weighted by molar-refractivity contribution is -0.133. The van der Waals surface area contributed by atoms with Crippen molar-refractivity contribution in [3.8, 4) is 15.6 Å². The minimum Gasteiger partial charge on any atom is -0.425 e. The van der Waals surface area contributed by atoms with Crippen LogP contribution >= 0.6 is 45.9 Å². The Morgan fingerprint density at radius 3 is 2.86 bits per heavy atom. The van der Waals surface area contributed by atoms with E-state index in [-0.39, 0.29) is 12.2 Å². The number of rotatable bonds is 4. The van der Waals surface area contributed by atoms with Crippen LogP contribution in [0.25, 0.3) is 9.88 Å². The fraction of sp³-hybridized carbons (Fsp3) is 0.0667. The molecule has 3 aromatic rings. The highest BCUT2D eigenvalue weighted by Gasteiger charge is 2.13. The molecule has 0 fully saturated rings. The summed E-state index contributed by atoms with van der Waals surface area (Å²) < 4.78 is 5.24. The highest BCUT2D eigenvalue weighted by molar-refractivity contribution is 7.20. The Labute approximate surface area is 145 Å². The maximum absolute atomic E-state index is 12.0. The Balaban J connectivity index is 1.68. The molecule has 0 unspecified atom stereocenters. The van der Waals surface area contributed by atoms with E-state index in [2.05, 4.69) is 4.98 Å². The van der Waals surface area contributed by atoms with Gasteiger partial charge in [0, 0.05) is 16.5 Å². The van der Waals surface area contributed by atoms with E-state index in [4.69, 9.17) is 27.9 Å². The third-order valence-electron chi connectivity index (χ3n) is 2.73. The van der Waals surface area contributed by atoms with Gasteiger partial charge in [-0.15, -0.1) is 22.7 Å². The summed E-state index contributed by atoms with van der Waals surface area (Å²) >= 11 is 14.9. The van der Waals surface area contributed by atoms with Crippen LogP contribution in [0, 0.1) is 0 Å². The van der Waals surface area contributed by atoms with E-state index in [9.17, 15) is 4.79 Å². The first-order valence-corrected chi connectivity index (χ1v) is 8.77. The van der Waals surface area contributed by atoms with Crippen LogP contribution in [-0.4, -0.2) is 11.0 Å². The Morgan fingerprint density at radius 2 is 2.09 bits per heavy atom. The maximum atomic E-state index is 12.0. The minimum atomic E-state index is -0.424. The van der Waals surface area contributed by atoms with Crippen LogP contribution in [-0.2, 0) is 11.2 Å². The third kappa shape index (κ3) is 3.67. The molecular weight excluding hydrogens is 361 g/mol. The number of halogens is 2. The minimum absolute atomic E-state index is 0.0880. The number of hydrogen-bond donors (Lipinski definition) is 0. The second-order valence-electron chi connectivity index (χ2n) is 4.35. The molecule has 2 heterocycles. The zero-order chi connectivity index (χ0) is 15.5. The quantitative estimate of drug-likeness (QED) is 0.461. The number of hydrogen-bond acceptors (Lipinski definition) is 5. The van der Waals surface area contributed by atoms with Crippen LogP contribution < -0.4 is 4.74 Å². The van der Waals surface area contributed by atoms with Crippen LogP contribution in [0.1, 0.15) is 5.69 Å². The fourth-order valence-electron chi connectivity index (χ4n) is 1.76. The number of esters is 1. The van der Waals surface area contributed by atoms with Gasteiger partial charge < -0.3 is 4.74 Å². The van der Waals surface area contributed by atoms with Crippen molar-refractivity contribution in [3.05, 3.63) is 56.8 Å². The highest BCUT2D eigenvalue weighted by atomic mass is 35.5. The van der Waals surface area contributed by atoms with E-state index in [1.807, 2.05) is 22.9 Å². The zero-order valence-electron chi connectivity index (χ0n) is 11.1. The average molecular weight is 370 g/mol. The Kier molecular flexibility index (Phi) is 4.78. The number of aromatic nitrogens is 1. The van der Waals surface area contributed by atoms with Crippen molar-refractivity contribution in [1.29, 1.82) is 0 Å². The molecule has 22 heavy (non-hydrogen) atoms. The molecule has 7 heteroatoms. The van der Waals surface area contributed by atoms with Crippen LogP contribution in [0.3, 0.4) is 0 Å². The molecule has 0 atom stereocenters. The molecular formula is C15H9Cl2NO2S2. The topological polar surface area (TPSA) is 39.2 Å². The van der Waals surface area contributed by atoms with Crippen molar-refractivity contribution in [3.63, 3.8) is 0 Å². The smallest absolute Gasteiger partial charge is 0.317 e. The Hall–Kier alpha value is -1.40. The lowest BCUT2D eigenvalue weighted by Gasteiger charge is -2.05. The molecule has 3 rings (SSSR count). The molecule has 112 valence electrons. The predicted molar refractivity (Wildman–Crippen MR) is 91.2 cm³/mol. The molecule has 1 aromatic carbocycles. The van der Waals surface area contributed by atoms with Crippen LogP contribution in [0.4, 0.5) is 0 Å². The molecule has 0 aliphatic carbocycles. The van der Waals surface area contributed by atoms with Gasteiger partial charge in [0.2, 0.25) is 0 Å². The summed E-state index contributed by atoms with van der Waals surface area (Å²) in [5.41, 5.74) is 0.677. The molecule has 0 saturated carbocycles. The highest BCUT2D eigenvalue weighted by Crippen LogP contribution is 2.29. The first-order valence-electron chi connectivity index (χ1n) is 6.26. The summed E-state index contributed by atoms with van der Waals surface area (Å²) in [6.07, 6.45) is 0.0880. The van der Waals surface area contributed by atoms with Crippen molar-refractivity contribution in [2.45, 2.75) is 6.42 Å². The van der Waals surface area contributed by atoms with Gasteiger partial charge in [-0.25, -0.2) is 4.98 Å². The van der Waals surface area contributed by atoms with Gasteiger partial charge in [-0.2, -0.15) is 0 Å². The molecule has 0 radical (unpaired) electrons. The summed E-state index contributed by atoms with van der Waals surface area (Å²) in [6.45, 7) is 0. The van der Waals surface area contributed by atoms with Crippen molar-refractivity contribution in [2.24, 2.45) is 0 Å². The van der Waals surface area contributed by atoms with Gasteiger partial charge >= 0.3 is 5.97 Å². The first kappa shape index (κ1) is 15.5. The van der Waals surface area contributed by atoms with Gasteiger partial charge in [0.15, 0.2) is 5.75 Å². The van der Waals surface area contributed by atoms with Gasteiger partial charge in [0.1, 0.15) is 5.01 Å². The summed E-state index contributed by atoms with van der Waals surface area (Å²) in [5.74, 6) is -0.167. The van der Waals surface area contributed by atoms with Crippen molar-refractivity contribution in [1.82, 2.24) is 4.98 Å². The third-order valence-corrected chi connectivity index (χ3v) is 5.20. The Morgan fingerprint density at radius 1 is 1.23 bits per heavy atom. The SMILES string of the molecule is O=C(Cc1csc(-c2cccs2)n1)Oc1cc(Cl)ccc1Cl. The van der Waals surface area contributed by atoms with Crippen LogP contribution in [0.15, 0.2) is 41.1 Å². The van der Waals surface area contributed by atoms with Crippen molar-refractivity contribution < 1.29 is 9.53 Å². The van der Waals surface area contributed by atoms with Crippen molar-refractivity contribution in [2.75, 3.05) is 0 Å². The number of thiophene rings is 1. The lowest BCUT2D eigenvalue weighted by Crippen LogP contribution is -2.11. The molecule has 0 N–H and O–H groups in total. The molecule has 0 amide bonds. The summed E-state index contributed by atoms with van der Waals surface area (Å²) in [6, 6.07) is 8.70. The normalized spacial score (nSPS) is 10.6. The number of benzene rings is 1. The second-order valence-corrected chi connectivity index (χ2v) is 7.00. The molecule has 2 aromatic heterocycles. The van der Waals surface area contributed by atoms with Gasteiger partial charge in [-0.1, -0.05) is 29.3 Å². The van der Waals surface area contributed by atoms with E-state index < -0.39 is 5.97 Å². The summed E-state index contributed by atoms with van der Waals surface area (Å²) in [7, 11) is 0. The van der Waals surface area contributed by atoms with E-state index in [1.54, 1.807) is 23.5 Å². The number of carbonyl (C=O) groups excluding carboxylic acids is 1. The van der Waals surface area contributed by atoms with E-state index in [0.717, 1.165) is 9.88 Å². The number of ether oxygens (including phenoxy) is 1. The largest absolute Gasteiger partial charge is 0.425 e. The maximum Gasteiger partial charge on any atom is 0.317 e. The summed E-state index contributed by atoms with van der Waals surface area (Å²) in [5, 5.41) is 5.55. The van der Waals surface area contributed by atoms with Crippen LogP contribution in [0.5, 0.6) is 5.75 Å². The van der Waals surface area contributed by atoms with Crippen LogP contribution in [0.2, 0.25) is 10.0 Å². The summed E-state index contributed by atoms with van der Waals surface area (Å²) in [4.78, 5) is 17.5. The average Bonchev–Trinajstić information content (AvgIpc) is 3.13. The predicted octanol–water partition coefficient (Wildman–Crippen LogP) is 5.33. The number of nitrogens with zero attached hydrogens (tertiary/aromatic N) is 1. The molecule has 0 aliphatic rings. The first-order chi connectivity index (χ1) is 10.6. The monoisotopic (exact) mass is 369 g/mol. The van der Waals surface area contributed by atoms with Gasteiger partial charge in [-0.05, 0) is 23.6 Å². The molecule has 0 spiro atoms. The second kappa shape index (κ2) is 6.79. The van der Waals surface area contributed by atoms with Crippen molar-refractivity contribution >= 4 is 51.8 Å². The Bertz CT molecular complexity index is 800. The zero-order valence-corrected chi connectivity index (χ0v) is 14.2. The van der Waals surface area contributed by atoms with E-state index in [0.29, 0.717) is 15.7 Å².